The van der Waals surface area contributed by atoms with E-state index in [0.717, 1.165) is 37.2 Å². The lowest BCUT2D eigenvalue weighted by atomic mass is 9.87. The van der Waals surface area contributed by atoms with Crippen molar-refractivity contribution in [2.75, 3.05) is 19.6 Å². The maximum absolute atomic E-state index is 13.4. The molecule has 2 aliphatic rings. The van der Waals surface area contributed by atoms with Gasteiger partial charge < -0.3 is 5.32 Å². The van der Waals surface area contributed by atoms with E-state index in [9.17, 15) is 8.78 Å². The van der Waals surface area contributed by atoms with Gasteiger partial charge in [-0.1, -0.05) is 0 Å². The fourth-order valence-electron chi connectivity index (χ4n) is 3.85. The third-order valence-electron chi connectivity index (χ3n) is 5.16. The summed E-state index contributed by atoms with van der Waals surface area (Å²) in [6.45, 7) is 5.23. The topological polar surface area (TPSA) is 15.3 Å². The number of nitrogens with zero attached hydrogens (tertiary/aromatic N) is 1. The normalized spacial score (nSPS) is 26.1. The average Bonchev–Trinajstić information content (AvgIpc) is 3.00. The molecule has 2 atom stereocenters. The lowest BCUT2D eigenvalue weighted by molar-refractivity contribution is 0.126. The molecule has 2 nitrogen and oxygen atoms in total. The average molecular weight is 294 g/mol. The number of nitrogens with one attached hydrogen (secondary N) is 1. The Bertz CT molecular complexity index is 457. The summed E-state index contributed by atoms with van der Waals surface area (Å²) in [5.74, 6) is -0.205. The first-order valence-electron chi connectivity index (χ1n) is 8.07. The van der Waals surface area contributed by atoms with Crippen molar-refractivity contribution in [3.05, 3.63) is 35.4 Å². The van der Waals surface area contributed by atoms with Crippen LogP contribution in [0.1, 0.15) is 44.2 Å². The predicted octanol–water partition coefficient (Wildman–Crippen LogP) is 3.49. The van der Waals surface area contributed by atoms with Crippen LogP contribution in [-0.2, 0) is 0 Å². The molecule has 1 aromatic carbocycles. The molecule has 2 heterocycles. The van der Waals surface area contributed by atoms with Crippen molar-refractivity contribution in [2.45, 2.75) is 44.7 Å². The number of piperidine rings is 1. The molecule has 3 rings (SSSR count). The Kier molecular flexibility index (Phi) is 4.55. The van der Waals surface area contributed by atoms with Crippen molar-refractivity contribution in [1.82, 2.24) is 10.2 Å². The summed E-state index contributed by atoms with van der Waals surface area (Å²) < 4.78 is 26.7. The minimum Gasteiger partial charge on any atom is -0.314 e. The van der Waals surface area contributed by atoms with Gasteiger partial charge in [-0.05, 0) is 75.9 Å². The molecule has 1 N–H and O–H groups in total. The van der Waals surface area contributed by atoms with Gasteiger partial charge in [0, 0.05) is 18.2 Å². The molecule has 2 saturated heterocycles. The van der Waals surface area contributed by atoms with Crippen molar-refractivity contribution >= 4 is 0 Å². The zero-order valence-electron chi connectivity index (χ0n) is 12.6. The highest BCUT2D eigenvalue weighted by Crippen LogP contribution is 2.30. The summed E-state index contributed by atoms with van der Waals surface area (Å²) in [4.78, 5) is 2.35. The molecule has 0 bridgehead atoms. The van der Waals surface area contributed by atoms with Crippen molar-refractivity contribution in [3.63, 3.8) is 0 Å². The first kappa shape index (κ1) is 14.9. The van der Waals surface area contributed by atoms with E-state index in [0.29, 0.717) is 6.04 Å². The monoisotopic (exact) mass is 294 g/mol. The smallest absolute Gasteiger partial charge is 0.126 e. The minimum absolute atomic E-state index is 0.0766. The lowest BCUT2D eigenvalue weighted by Gasteiger charge is -2.38. The Balaban J connectivity index is 1.60. The van der Waals surface area contributed by atoms with Crippen LogP contribution in [0.4, 0.5) is 8.78 Å². The fourth-order valence-corrected chi connectivity index (χ4v) is 3.85. The Morgan fingerprint density at radius 1 is 1.10 bits per heavy atom. The Labute approximate surface area is 125 Å². The molecule has 21 heavy (non-hydrogen) atoms. The number of halogens is 2. The first-order chi connectivity index (χ1) is 10.1. The molecule has 2 unspecified atom stereocenters. The van der Waals surface area contributed by atoms with Crippen LogP contribution in [0.15, 0.2) is 18.2 Å². The Morgan fingerprint density at radius 2 is 1.76 bits per heavy atom. The van der Waals surface area contributed by atoms with E-state index in [4.69, 9.17) is 0 Å². The number of benzene rings is 1. The molecule has 0 radical (unpaired) electrons. The van der Waals surface area contributed by atoms with Gasteiger partial charge in [0.25, 0.3) is 0 Å². The summed E-state index contributed by atoms with van der Waals surface area (Å²) in [5.41, 5.74) is 0.741. The third-order valence-corrected chi connectivity index (χ3v) is 5.16. The van der Waals surface area contributed by atoms with Crippen LogP contribution in [0.25, 0.3) is 0 Å². The Morgan fingerprint density at radius 3 is 2.33 bits per heavy atom. The maximum atomic E-state index is 13.4. The summed E-state index contributed by atoms with van der Waals surface area (Å²) in [6.07, 6.45) is 4.96. The van der Waals surface area contributed by atoms with Gasteiger partial charge in [0.2, 0.25) is 0 Å². The van der Waals surface area contributed by atoms with E-state index in [1.165, 1.54) is 37.8 Å². The summed E-state index contributed by atoms with van der Waals surface area (Å²) >= 11 is 0. The maximum Gasteiger partial charge on any atom is 0.126 e. The van der Waals surface area contributed by atoms with Gasteiger partial charge in [0.1, 0.15) is 11.6 Å². The zero-order chi connectivity index (χ0) is 14.8. The SMILES string of the molecule is CC(c1cc(F)cc(F)c1)N1CCC(C2CCCN2)CC1. The highest BCUT2D eigenvalue weighted by molar-refractivity contribution is 5.21. The third kappa shape index (κ3) is 3.43. The number of hydrogen-bond donors (Lipinski definition) is 1. The summed E-state index contributed by atoms with van der Waals surface area (Å²) in [5, 5.41) is 3.60. The number of rotatable bonds is 3. The van der Waals surface area contributed by atoms with E-state index >= 15 is 0 Å². The molecule has 0 spiro atoms. The second kappa shape index (κ2) is 6.41. The molecular formula is C17H24F2N2. The second-order valence-electron chi connectivity index (χ2n) is 6.45. The van der Waals surface area contributed by atoms with E-state index in [-0.39, 0.29) is 6.04 Å². The van der Waals surface area contributed by atoms with Crippen LogP contribution in [0.5, 0.6) is 0 Å². The second-order valence-corrected chi connectivity index (χ2v) is 6.45. The number of hydrogen-bond acceptors (Lipinski definition) is 2. The van der Waals surface area contributed by atoms with Crippen LogP contribution in [0.2, 0.25) is 0 Å². The van der Waals surface area contributed by atoms with Crippen LogP contribution in [0.3, 0.4) is 0 Å². The molecule has 0 saturated carbocycles. The van der Waals surface area contributed by atoms with Gasteiger partial charge in [-0.3, -0.25) is 4.90 Å². The van der Waals surface area contributed by atoms with Gasteiger partial charge in [-0.2, -0.15) is 0 Å². The fraction of sp³-hybridized carbons (Fsp3) is 0.647. The summed E-state index contributed by atoms with van der Waals surface area (Å²) in [6, 6.07) is 4.62. The molecule has 2 fully saturated rings. The molecule has 0 amide bonds. The molecule has 0 aromatic heterocycles. The molecule has 0 aliphatic carbocycles. The Hall–Kier alpha value is -1.00. The zero-order valence-corrected chi connectivity index (χ0v) is 12.6. The van der Waals surface area contributed by atoms with Gasteiger partial charge in [0.05, 0.1) is 0 Å². The van der Waals surface area contributed by atoms with Crippen LogP contribution < -0.4 is 5.32 Å². The van der Waals surface area contributed by atoms with E-state index < -0.39 is 11.6 Å². The van der Waals surface area contributed by atoms with Crippen molar-refractivity contribution < 1.29 is 8.78 Å². The van der Waals surface area contributed by atoms with Gasteiger partial charge in [0.15, 0.2) is 0 Å². The van der Waals surface area contributed by atoms with E-state index in [2.05, 4.69) is 10.2 Å². The summed E-state index contributed by atoms with van der Waals surface area (Å²) in [7, 11) is 0. The molecule has 2 aliphatic heterocycles. The first-order valence-corrected chi connectivity index (χ1v) is 8.07. The highest BCUT2D eigenvalue weighted by atomic mass is 19.1. The van der Waals surface area contributed by atoms with Gasteiger partial charge >= 0.3 is 0 Å². The van der Waals surface area contributed by atoms with Crippen LogP contribution in [-0.4, -0.2) is 30.6 Å². The van der Waals surface area contributed by atoms with Gasteiger partial charge in [-0.15, -0.1) is 0 Å². The van der Waals surface area contributed by atoms with E-state index in [1.54, 1.807) is 0 Å². The van der Waals surface area contributed by atoms with Crippen molar-refractivity contribution in [1.29, 1.82) is 0 Å². The predicted molar refractivity (Wildman–Crippen MR) is 80.1 cm³/mol. The highest BCUT2D eigenvalue weighted by Gasteiger charge is 2.30. The molecular weight excluding hydrogens is 270 g/mol. The number of likely N-dealkylation sites (tertiary alicyclic amines) is 1. The van der Waals surface area contributed by atoms with Gasteiger partial charge in [-0.25, -0.2) is 8.78 Å². The van der Waals surface area contributed by atoms with Crippen molar-refractivity contribution in [3.8, 4) is 0 Å². The van der Waals surface area contributed by atoms with Crippen LogP contribution >= 0.6 is 0 Å². The van der Waals surface area contributed by atoms with E-state index in [1.807, 2.05) is 6.92 Å². The quantitative estimate of drug-likeness (QED) is 0.918. The molecule has 1 aromatic rings. The van der Waals surface area contributed by atoms with Crippen LogP contribution in [0, 0.1) is 17.6 Å². The lowest BCUT2D eigenvalue weighted by Crippen LogP contribution is -2.41. The molecule has 4 heteroatoms. The standard InChI is InChI=1S/C17H24F2N2/c1-12(14-9-15(18)11-16(19)10-14)21-7-4-13(5-8-21)17-3-2-6-20-17/h9-13,17,20H,2-8H2,1H3. The molecule has 116 valence electrons. The van der Waals surface area contributed by atoms with Crippen molar-refractivity contribution in [2.24, 2.45) is 5.92 Å². The minimum atomic E-state index is -0.484. The largest absolute Gasteiger partial charge is 0.314 e.